The van der Waals surface area contributed by atoms with E-state index in [4.69, 9.17) is 10.5 Å². The molecule has 0 radical (unpaired) electrons. The molecule has 0 spiro atoms. The van der Waals surface area contributed by atoms with Crippen LogP contribution in [0.3, 0.4) is 0 Å². The van der Waals surface area contributed by atoms with Crippen molar-refractivity contribution < 1.29 is 19.1 Å². The highest BCUT2D eigenvalue weighted by atomic mass is 32.2. The van der Waals surface area contributed by atoms with Crippen LogP contribution < -0.4 is 11.1 Å². The molecule has 1 rings (SSSR count). The predicted octanol–water partition coefficient (Wildman–Crippen LogP) is 1.78. The summed E-state index contributed by atoms with van der Waals surface area (Å²) in [5, 5.41) is 1.93. The smallest absolute Gasteiger partial charge is 0.340 e. The fourth-order valence-corrected chi connectivity index (χ4v) is 2.26. The third-order valence-corrected chi connectivity index (χ3v) is 3.47. The van der Waals surface area contributed by atoms with Gasteiger partial charge in [-0.2, -0.15) is 0 Å². The van der Waals surface area contributed by atoms with Gasteiger partial charge in [0.05, 0.1) is 5.56 Å². The number of primary amides is 1. The van der Waals surface area contributed by atoms with Crippen LogP contribution in [0.2, 0.25) is 0 Å². The first-order chi connectivity index (χ1) is 9.86. The number of rotatable bonds is 5. The number of amides is 3. The molecule has 7 heteroatoms. The lowest BCUT2D eigenvalue weighted by molar-refractivity contribution is -0.130. The summed E-state index contributed by atoms with van der Waals surface area (Å²) in [7, 11) is 0. The average Bonchev–Trinajstić information content (AvgIpc) is 2.43. The highest BCUT2D eigenvalue weighted by molar-refractivity contribution is 7.98. The Morgan fingerprint density at radius 3 is 2.38 bits per heavy atom. The third-order valence-electron chi connectivity index (χ3n) is 2.67. The summed E-state index contributed by atoms with van der Waals surface area (Å²) in [6.45, 7) is 3.41. The number of nitrogens with two attached hydrogens (primary N) is 1. The van der Waals surface area contributed by atoms with Gasteiger partial charge in [-0.3, -0.25) is 10.1 Å². The van der Waals surface area contributed by atoms with Crippen LogP contribution in [0, 0.1) is 5.92 Å². The Balaban J connectivity index is 2.91. The first-order valence-corrected chi connectivity index (χ1v) is 7.53. The van der Waals surface area contributed by atoms with Gasteiger partial charge in [0.1, 0.15) is 0 Å². The van der Waals surface area contributed by atoms with Gasteiger partial charge >= 0.3 is 12.0 Å². The maximum Gasteiger partial charge on any atom is 0.340 e. The van der Waals surface area contributed by atoms with Crippen molar-refractivity contribution in [3.63, 3.8) is 0 Å². The molecule has 6 nitrogen and oxygen atoms in total. The second-order valence-corrected chi connectivity index (χ2v) is 5.47. The zero-order valence-electron chi connectivity index (χ0n) is 12.1. The standard InChI is InChI=1S/C14H18N2O4S/c1-8(2)11(12(17)16-14(15)19)20-13(18)9-6-4-5-7-10(9)21-3/h4-8,11H,1-3H3,(H3,15,16,17,19)/t11-/m0/s1. The van der Waals surface area contributed by atoms with Crippen LogP contribution in [0.15, 0.2) is 29.2 Å². The summed E-state index contributed by atoms with van der Waals surface area (Å²) in [6.07, 6.45) is 0.756. The van der Waals surface area contributed by atoms with Crippen molar-refractivity contribution in [1.82, 2.24) is 5.32 Å². The zero-order valence-corrected chi connectivity index (χ0v) is 12.9. The lowest BCUT2D eigenvalue weighted by atomic mass is 10.1. The van der Waals surface area contributed by atoms with Gasteiger partial charge in [-0.05, 0) is 24.3 Å². The third kappa shape index (κ3) is 4.78. The van der Waals surface area contributed by atoms with Gasteiger partial charge in [0, 0.05) is 4.90 Å². The minimum atomic E-state index is -1.08. The number of ether oxygens (including phenoxy) is 1. The fourth-order valence-electron chi connectivity index (χ4n) is 1.68. The normalized spacial score (nSPS) is 11.8. The number of hydrogen-bond donors (Lipinski definition) is 2. The molecular formula is C14H18N2O4S. The van der Waals surface area contributed by atoms with Crippen LogP contribution in [-0.2, 0) is 9.53 Å². The van der Waals surface area contributed by atoms with Gasteiger partial charge in [-0.25, -0.2) is 9.59 Å². The van der Waals surface area contributed by atoms with E-state index in [1.165, 1.54) is 11.8 Å². The number of imide groups is 1. The van der Waals surface area contributed by atoms with Crippen LogP contribution in [0.4, 0.5) is 4.79 Å². The highest BCUT2D eigenvalue weighted by Crippen LogP contribution is 2.21. The molecule has 1 atom stereocenters. The van der Waals surface area contributed by atoms with Gasteiger partial charge < -0.3 is 10.5 Å². The quantitative estimate of drug-likeness (QED) is 0.638. The number of carbonyl (C=O) groups excluding carboxylic acids is 3. The van der Waals surface area contributed by atoms with Crippen molar-refractivity contribution in [3.05, 3.63) is 29.8 Å². The number of nitrogens with one attached hydrogen (secondary N) is 1. The van der Waals surface area contributed by atoms with Crippen molar-refractivity contribution in [2.24, 2.45) is 11.7 Å². The highest BCUT2D eigenvalue weighted by Gasteiger charge is 2.28. The van der Waals surface area contributed by atoms with Gasteiger partial charge in [0.2, 0.25) is 0 Å². The van der Waals surface area contributed by atoms with Crippen LogP contribution in [0.25, 0.3) is 0 Å². The molecule has 0 aliphatic carbocycles. The average molecular weight is 310 g/mol. The first kappa shape index (κ1) is 17.0. The minimum absolute atomic E-state index is 0.297. The van der Waals surface area contributed by atoms with Crippen LogP contribution in [0.1, 0.15) is 24.2 Å². The molecule has 0 heterocycles. The fraction of sp³-hybridized carbons (Fsp3) is 0.357. The number of benzene rings is 1. The largest absolute Gasteiger partial charge is 0.448 e. The molecule has 1 aromatic carbocycles. The number of urea groups is 1. The van der Waals surface area contributed by atoms with Crippen molar-refractivity contribution in [3.8, 4) is 0 Å². The molecular weight excluding hydrogens is 292 g/mol. The van der Waals surface area contributed by atoms with E-state index in [0.717, 1.165) is 4.90 Å². The Kier molecular flexibility index (Phi) is 6.23. The molecule has 0 bridgehead atoms. The second kappa shape index (κ2) is 7.68. The lowest BCUT2D eigenvalue weighted by Gasteiger charge is -2.20. The van der Waals surface area contributed by atoms with Crippen molar-refractivity contribution >= 4 is 29.7 Å². The molecule has 0 saturated heterocycles. The van der Waals surface area contributed by atoms with Gasteiger partial charge in [0.15, 0.2) is 6.10 Å². The molecule has 3 amide bonds. The van der Waals surface area contributed by atoms with Crippen LogP contribution >= 0.6 is 11.8 Å². The molecule has 0 fully saturated rings. The van der Waals surface area contributed by atoms with E-state index in [1.807, 2.05) is 17.6 Å². The molecule has 0 aliphatic rings. The van der Waals surface area contributed by atoms with Gasteiger partial charge in [0.25, 0.3) is 5.91 Å². The van der Waals surface area contributed by atoms with E-state index in [2.05, 4.69) is 0 Å². The minimum Gasteiger partial charge on any atom is -0.448 e. The molecule has 0 unspecified atom stereocenters. The second-order valence-electron chi connectivity index (χ2n) is 4.62. The Hall–Kier alpha value is -2.02. The Labute approximate surface area is 127 Å². The summed E-state index contributed by atoms with van der Waals surface area (Å²) in [5.41, 5.74) is 5.28. The Morgan fingerprint density at radius 2 is 1.86 bits per heavy atom. The predicted molar refractivity (Wildman–Crippen MR) is 80.0 cm³/mol. The van der Waals surface area contributed by atoms with Crippen LogP contribution in [0.5, 0.6) is 0 Å². The first-order valence-electron chi connectivity index (χ1n) is 6.31. The lowest BCUT2D eigenvalue weighted by Crippen LogP contribution is -2.45. The summed E-state index contributed by atoms with van der Waals surface area (Å²) in [5.74, 6) is -1.64. The Morgan fingerprint density at radius 1 is 1.24 bits per heavy atom. The summed E-state index contributed by atoms with van der Waals surface area (Å²) >= 11 is 1.40. The van der Waals surface area contributed by atoms with Gasteiger partial charge in [-0.15, -0.1) is 11.8 Å². The van der Waals surface area contributed by atoms with E-state index in [-0.39, 0.29) is 5.92 Å². The molecule has 0 saturated carbocycles. The molecule has 1 aromatic rings. The van der Waals surface area contributed by atoms with Crippen molar-refractivity contribution in [2.45, 2.75) is 24.8 Å². The van der Waals surface area contributed by atoms with E-state index < -0.39 is 24.0 Å². The van der Waals surface area contributed by atoms with E-state index >= 15 is 0 Å². The van der Waals surface area contributed by atoms with E-state index in [9.17, 15) is 14.4 Å². The molecule has 0 aliphatic heterocycles. The molecule has 0 aromatic heterocycles. The zero-order chi connectivity index (χ0) is 16.0. The SMILES string of the molecule is CSc1ccccc1C(=O)O[C@H](C(=O)NC(N)=O)C(C)C. The van der Waals surface area contributed by atoms with E-state index in [1.54, 1.807) is 32.0 Å². The maximum atomic E-state index is 12.2. The van der Waals surface area contributed by atoms with E-state index in [0.29, 0.717) is 5.56 Å². The van der Waals surface area contributed by atoms with Crippen LogP contribution in [-0.4, -0.2) is 30.3 Å². The number of thioether (sulfide) groups is 1. The van der Waals surface area contributed by atoms with Gasteiger partial charge in [-0.1, -0.05) is 26.0 Å². The monoisotopic (exact) mass is 310 g/mol. The number of esters is 1. The Bertz CT molecular complexity index is 546. The summed E-state index contributed by atoms with van der Waals surface area (Å²) in [4.78, 5) is 35.5. The summed E-state index contributed by atoms with van der Waals surface area (Å²) in [6, 6.07) is 5.95. The molecule has 3 N–H and O–H groups in total. The topological polar surface area (TPSA) is 98.5 Å². The summed E-state index contributed by atoms with van der Waals surface area (Å²) < 4.78 is 5.23. The molecule has 21 heavy (non-hydrogen) atoms. The number of hydrogen-bond acceptors (Lipinski definition) is 5. The van der Waals surface area contributed by atoms with Crippen molar-refractivity contribution in [1.29, 1.82) is 0 Å². The molecule has 114 valence electrons. The maximum absolute atomic E-state index is 12.2. The number of carbonyl (C=O) groups is 3. The van der Waals surface area contributed by atoms with Crippen molar-refractivity contribution in [2.75, 3.05) is 6.26 Å².